The van der Waals surface area contributed by atoms with E-state index in [4.69, 9.17) is 0 Å². The Morgan fingerprint density at radius 1 is 1.30 bits per heavy atom. The molecule has 0 unspecified atom stereocenters. The fourth-order valence-corrected chi connectivity index (χ4v) is 2.91. The van der Waals surface area contributed by atoms with E-state index in [-0.39, 0.29) is 5.56 Å². The Bertz CT molecular complexity index is 523. The van der Waals surface area contributed by atoms with E-state index >= 15 is 0 Å². The number of rotatable bonds is 5. The van der Waals surface area contributed by atoms with Crippen LogP contribution in [0.1, 0.15) is 42.1 Å². The fraction of sp³-hybridized carbons (Fsp3) is 0.588. The van der Waals surface area contributed by atoms with E-state index in [0.717, 1.165) is 51.0 Å². The third kappa shape index (κ3) is 5.23. The second-order valence-electron chi connectivity index (χ2n) is 6.07. The van der Waals surface area contributed by atoms with Gasteiger partial charge in [-0.1, -0.05) is 13.0 Å². The van der Waals surface area contributed by atoms with E-state index in [1.54, 1.807) is 0 Å². The molecule has 1 heterocycles. The number of amides is 1. The summed E-state index contributed by atoms with van der Waals surface area (Å²) in [5.74, 6) is -0.0371. The van der Waals surface area contributed by atoms with Gasteiger partial charge in [0.25, 0.3) is 5.91 Å². The molecule has 1 aromatic rings. The minimum absolute atomic E-state index is 0.0586. The van der Waals surface area contributed by atoms with Crippen molar-refractivity contribution >= 4 is 5.91 Å². The number of carbonyl (C=O) groups is 1. The lowest BCUT2D eigenvalue weighted by molar-refractivity contribution is -0.137. The first kappa shape index (κ1) is 17.8. The van der Waals surface area contributed by atoms with E-state index in [2.05, 4.69) is 17.1 Å². The molecule has 0 bridgehead atoms. The maximum Gasteiger partial charge on any atom is 0.416 e. The molecule has 3 nitrogen and oxygen atoms in total. The molecule has 0 atom stereocenters. The van der Waals surface area contributed by atoms with Gasteiger partial charge in [0.1, 0.15) is 0 Å². The molecule has 1 fully saturated rings. The van der Waals surface area contributed by atoms with Gasteiger partial charge in [-0.05, 0) is 63.0 Å². The van der Waals surface area contributed by atoms with Gasteiger partial charge in [-0.25, -0.2) is 0 Å². The summed E-state index contributed by atoms with van der Waals surface area (Å²) < 4.78 is 38.0. The van der Waals surface area contributed by atoms with Gasteiger partial charge in [-0.3, -0.25) is 4.79 Å². The van der Waals surface area contributed by atoms with Crippen molar-refractivity contribution in [3.8, 4) is 0 Å². The van der Waals surface area contributed by atoms with Crippen LogP contribution in [-0.2, 0) is 6.18 Å². The maximum absolute atomic E-state index is 12.7. The molecule has 0 aromatic heterocycles. The monoisotopic (exact) mass is 328 g/mol. The van der Waals surface area contributed by atoms with Crippen molar-refractivity contribution in [2.45, 2.75) is 32.4 Å². The molecule has 23 heavy (non-hydrogen) atoms. The molecule has 1 saturated heterocycles. The number of nitrogens with one attached hydrogen (secondary N) is 1. The van der Waals surface area contributed by atoms with Gasteiger partial charge < -0.3 is 10.2 Å². The van der Waals surface area contributed by atoms with Crippen LogP contribution in [-0.4, -0.2) is 37.0 Å². The van der Waals surface area contributed by atoms with E-state index in [1.807, 2.05) is 0 Å². The van der Waals surface area contributed by atoms with Crippen LogP contribution in [0.25, 0.3) is 0 Å². The van der Waals surface area contributed by atoms with Crippen LogP contribution in [0, 0.1) is 5.92 Å². The van der Waals surface area contributed by atoms with Gasteiger partial charge in [0.05, 0.1) is 5.56 Å². The first-order chi connectivity index (χ1) is 10.9. The summed E-state index contributed by atoms with van der Waals surface area (Å²) in [7, 11) is 0. The fourth-order valence-electron chi connectivity index (χ4n) is 2.91. The van der Waals surface area contributed by atoms with Crippen molar-refractivity contribution in [3.05, 3.63) is 35.4 Å². The molecule has 6 heteroatoms. The predicted octanol–water partition coefficient (Wildman–Crippen LogP) is 3.56. The summed E-state index contributed by atoms with van der Waals surface area (Å²) in [4.78, 5) is 14.5. The quantitative estimate of drug-likeness (QED) is 0.896. The molecule has 1 aromatic carbocycles. The zero-order valence-corrected chi connectivity index (χ0v) is 13.3. The smallest absolute Gasteiger partial charge is 0.352 e. The standard InChI is InChI=1S/C17H23F3N2O/c1-2-8-22-9-6-13(7-10-22)12-21-16(23)14-4-3-5-15(11-14)17(18,19)20/h3-5,11,13H,2,6-10,12H2,1H3,(H,21,23). The molecular weight excluding hydrogens is 305 g/mol. The Hall–Kier alpha value is -1.56. The van der Waals surface area contributed by atoms with E-state index < -0.39 is 17.6 Å². The summed E-state index contributed by atoms with van der Waals surface area (Å²) in [6, 6.07) is 4.55. The predicted molar refractivity (Wildman–Crippen MR) is 83.2 cm³/mol. The summed E-state index contributed by atoms with van der Waals surface area (Å²) in [6.45, 7) is 5.83. The zero-order chi connectivity index (χ0) is 16.9. The Labute approximate surface area is 134 Å². The van der Waals surface area contributed by atoms with Crippen LogP contribution in [0.4, 0.5) is 13.2 Å². The molecule has 0 radical (unpaired) electrons. The molecule has 1 amide bonds. The maximum atomic E-state index is 12.7. The summed E-state index contributed by atoms with van der Waals surface area (Å²) >= 11 is 0. The number of piperidine rings is 1. The van der Waals surface area contributed by atoms with Crippen LogP contribution < -0.4 is 5.32 Å². The molecule has 128 valence electrons. The third-order valence-electron chi connectivity index (χ3n) is 4.25. The number of benzene rings is 1. The molecule has 0 spiro atoms. The highest BCUT2D eigenvalue weighted by Crippen LogP contribution is 2.29. The van der Waals surface area contributed by atoms with E-state index in [0.29, 0.717) is 12.5 Å². The van der Waals surface area contributed by atoms with Crippen LogP contribution in [0.2, 0.25) is 0 Å². The lowest BCUT2D eigenvalue weighted by Crippen LogP contribution is -2.38. The SMILES string of the molecule is CCCN1CCC(CNC(=O)c2cccc(C(F)(F)F)c2)CC1. The van der Waals surface area contributed by atoms with Gasteiger partial charge in [-0.15, -0.1) is 0 Å². The normalized spacial score (nSPS) is 17.2. The molecule has 1 aliphatic rings. The second kappa shape index (κ2) is 7.81. The highest BCUT2D eigenvalue weighted by atomic mass is 19.4. The Morgan fingerprint density at radius 3 is 2.61 bits per heavy atom. The van der Waals surface area contributed by atoms with Crippen molar-refractivity contribution in [2.24, 2.45) is 5.92 Å². The minimum atomic E-state index is -4.43. The highest BCUT2D eigenvalue weighted by Gasteiger charge is 2.31. The van der Waals surface area contributed by atoms with Crippen molar-refractivity contribution < 1.29 is 18.0 Å². The Balaban J connectivity index is 1.84. The van der Waals surface area contributed by atoms with Gasteiger partial charge in [-0.2, -0.15) is 13.2 Å². The van der Waals surface area contributed by atoms with Crippen LogP contribution >= 0.6 is 0 Å². The molecular formula is C17H23F3N2O. The number of carbonyl (C=O) groups excluding carboxylic acids is 1. The van der Waals surface area contributed by atoms with Crippen molar-refractivity contribution in [3.63, 3.8) is 0 Å². The number of likely N-dealkylation sites (tertiary alicyclic amines) is 1. The Morgan fingerprint density at radius 2 is 2.00 bits per heavy atom. The number of hydrogen-bond acceptors (Lipinski definition) is 2. The number of hydrogen-bond donors (Lipinski definition) is 1. The molecule has 2 rings (SSSR count). The summed E-state index contributed by atoms with van der Waals surface area (Å²) in [5.41, 5.74) is -0.735. The van der Waals surface area contributed by atoms with E-state index in [9.17, 15) is 18.0 Å². The average Bonchev–Trinajstić information content (AvgIpc) is 2.53. The molecule has 0 aliphatic carbocycles. The lowest BCUT2D eigenvalue weighted by atomic mass is 9.96. The zero-order valence-electron chi connectivity index (χ0n) is 13.3. The average molecular weight is 328 g/mol. The second-order valence-corrected chi connectivity index (χ2v) is 6.07. The van der Waals surface area contributed by atoms with Crippen molar-refractivity contribution in [1.82, 2.24) is 10.2 Å². The molecule has 1 N–H and O–H groups in total. The van der Waals surface area contributed by atoms with Crippen LogP contribution in [0.5, 0.6) is 0 Å². The van der Waals surface area contributed by atoms with Crippen LogP contribution in [0.3, 0.4) is 0 Å². The van der Waals surface area contributed by atoms with Crippen molar-refractivity contribution in [2.75, 3.05) is 26.2 Å². The van der Waals surface area contributed by atoms with Crippen LogP contribution in [0.15, 0.2) is 24.3 Å². The molecule has 0 saturated carbocycles. The van der Waals surface area contributed by atoms with Gasteiger partial charge in [0, 0.05) is 12.1 Å². The van der Waals surface area contributed by atoms with Gasteiger partial charge in [0.15, 0.2) is 0 Å². The Kier molecular flexibility index (Phi) is 6.04. The van der Waals surface area contributed by atoms with Gasteiger partial charge >= 0.3 is 6.18 Å². The minimum Gasteiger partial charge on any atom is -0.352 e. The molecule has 1 aliphatic heterocycles. The van der Waals surface area contributed by atoms with Crippen molar-refractivity contribution in [1.29, 1.82) is 0 Å². The van der Waals surface area contributed by atoms with E-state index in [1.165, 1.54) is 12.1 Å². The summed E-state index contributed by atoms with van der Waals surface area (Å²) in [5, 5.41) is 2.77. The summed E-state index contributed by atoms with van der Waals surface area (Å²) in [6.07, 6.45) is -1.26. The highest BCUT2D eigenvalue weighted by molar-refractivity contribution is 5.94. The topological polar surface area (TPSA) is 32.3 Å². The number of nitrogens with zero attached hydrogens (tertiary/aromatic N) is 1. The number of halogens is 3. The largest absolute Gasteiger partial charge is 0.416 e. The first-order valence-corrected chi connectivity index (χ1v) is 8.08. The first-order valence-electron chi connectivity index (χ1n) is 8.08. The van der Waals surface area contributed by atoms with Gasteiger partial charge in [0.2, 0.25) is 0 Å². The third-order valence-corrected chi connectivity index (χ3v) is 4.25. The number of alkyl halides is 3. The lowest BCUT2D eigenvalue weighted by Gasteiger charge is -2.31.